The Hall–Kier alpha value is -1.55. The van der Waals surface area contributed by atoms with Crippen LogP contribution in [0, 0.1) is 0 Å². The molecule has 0 bridgehead atoms. The molecule has 4 nitrogen and oxygen atoms in total. The molecule has 0 unspecified atom stereocenters. The van der Waals surface area contributed by atoms with Gasteiger partial charge in [-0.2, -0.15) is 0 Å². The van der Waals surface area contributed by atoms with Crippen LogP contribution in [0.4, 0.5) is 0 Å². The van der Waals surface area contributed by atoms with E-state index < -0.39 is 0 Å². The van der Waals surface area contributed by atoms with E-state index in [0.29, 0.717) is 18.2 Å². The highest BCUT2D eigenvalue weighted by Gasteiger charge is 2.17. The Morgan fingerprint density at radius 1 is 1.12 bits per heavy atom. The number of esters is 1. The van der Waals surface area contributed by atoms with Gasteiger partial charge in [-0.15, -0.1) is 0 Å². The molecule has 1 saturated heterocycles. The second kappa shape index (κ2) is 11.1. The minimum absolute atomic E-state index is 0.246. The molecule has 2 rings (SSSR count). The molecular weight excluding hydrogens is 314 g/mol. The normalized spacial score (nSPS) is 18.1. The van der Waals surface area contributed by atoms with Gasteiger partial charge in [-0.25, -0.2) is 4.79 Å². The van der Waals surface area contributed by atoms with Crippen molar-refractivity contribution in [2.24, 2.45) is 0 Å². The van der Waals surface area contributed by atoms with E-state index in [9.17, 15) is 4.79 Å². The van der Waals surface area contributed by atoms with E-state index in [1.54, 1.807) is 12.1 Å². The van der Waals surface area contributed by atoms with Crippen molar-refractivity contribution in [1.82, 2.24) is 4.90 Å². The third kappa shape index (κ3) is 7.07. The van der Waals surface area contributed by atoms with E-state index in [0.717, 1.165) is 31.7 Å². The van der Waals surface area contributed by atoms with E-state index in [1.165, 1.54) is 38.6 Å². The lowest BCUT2D eigenvalue weighted by atomic mass is 10.0. The van der Waals surface area contributed by atoms with E-state index in [1.807, 2.05) is 12.1 Å². The zero-order valence-corrected chi connectivity index (χ0v) is 15.8. The highest BCUT2D eigenvalue weighted by atomic mass is 16.5. The van der Waals surface area contributed by atoms with E-state index in [4.69, 9.17) is 9.47 Å². The summed E-state index contributed by atoms with van der Waals surface area (Å²) >= 11 is 0. The molecule has 4 heteroatoms. The van der Waals surface area contributed by atoms with Gasteiger partial charge in [-0.05, 0) is 63.4 Å². The van der Waals surface area contributed by atoms with Crippen molar-refractivity contribution in [3.8, 4) is 5.75 Å². The summed E-state index contributed by atoms with van der Waals surface area (Å²) in [7, 11) is 0. The number of carbonyl (C=O) groups excluding carboxylic acids is 1. The van der Waals surface area contributed by atoms with Gasteiger partial charge in [-0.1, -0.05) is 26.2 Å². The van der Waals surface area contributed by atoms with Gasteiger partial charge in [0.25, 0.3) is 0 Å². The Bertz CT molecular complexity index is 500. The Kier molecular flexibility index (Phi) is 8.81. The smallest absolute Gasteiger partial charge is 0.338 e. The lowest BCUT2D eigenvalue weighted by Gasteiger charge is -2.33. The monoisotopic (exact) mass is 347 g/mol. The molecule has 0 N–H and O–H groups in total. The molecule has 1 aliphatic heterocycles. The predicted octanol–water partition coefficient (Wildman–Crippen LogP) is 4.68. The maximum absolute atomic E-state index is 12.1. The highest BCUT2D eigenvalue weighted by molar-refractivity contribution is 5.89. The first-order chi connectivity index (χ1) is 12.2. The van der Waals surface area contributed by atoms with Crippen LogP contribution in [-0.4, -0.2) is 43.2 Å². The van der Waals surface area contributed by atoms with E-state index in [2.05, 4.69) is 18.7 Å². The number of hydrogen-bond acceptors (Lipinski definition) is 4. The molecule has 1 aromatic carbocycles. The topological polar surface area (TPSA) is 38.8 Å². The maximum atomic E-state index is 12.1. The van der Waals surface area contributed by atoms with Crippen molar-refractivity contribution in [1.29, 1.82) is 0 Å². The SMILES string of the molecule is CCCCCOc1ccc(C(=O)OCCCN2CCCC[C@H]2C)cc1. The average Bonchev–Trinajstić information content (AvgIpc) is 2.64. The highest BCUT2D eigenvalue weighted by Crippen LogP contribution is 2.17. The maximum Gasteiger partial charge on any atom is 0.338 e. The minimum atomic E-state index is -0.246. The van der Waals surface area contributed by atoms with Crippen molar-refractivity contribution < 1.29 is 14.3 Å². The van der Waals surface area contributed by atoms with Gasteiger partial charge in [0.2, 0.25) is 0 Å². The van der Waals surface area contributed by atoms with Gasteiger partial charge in [0.15, 0.2) is 0 Å². The first-order valence-electron chi connectivity index (χ1n) is 9.84. The molecule has 1 atom stereocenters. The number of piperidine rings is 1. The third-order valence-electron chi connectivity index (χ3n) is 4.87. The Balaban J connectivity index is 1.64. The van der Waals surface area contributed by atoms with Gasteiger partial charge in [-0.3, -0.25) is 0 Å². The van der Waals surface area contributed by atoms with Crippen LogP contribution in [0.5, 0.6) is 5.75 Å². The zero-order chi connectivity index (χ0) is 17.9. The fraction of sp³-hybridized carbons (Fsp3) is 0.667. The first-order valence-corrected chi connectivity index (χ1v) is 9.84. The summed E-state index contributed by atoms with van der Waals surface area (Å²) in [5.74, 6) is 0.566. The number of unbranched alkanes of at least 4 members (excludes halogenated alkanes) is 2. The summed E-state index contributed by atoms with van der Waals surface area (Å²) in [6.45, 7) is 7.86. The molecule has 140 valence electrons. The average molecular weight is 347 g/mol. The minimum Gasteiger partial charge on any atom is -0.494 e. The van der Waals surface area contributed by atoms with Crippen LogP contribution in [0.25, 0.3) is 0 Å². The van der Waals surface area contributed by atoms with Crippen LogP contribution < -0.4 is 4.74 Å². The van der Waals surface area contributed by atoms with Crippen LogP contribution in [-0.2, 0) is 4.74 Å². The number of carbonyl (C=O) groups is 1. The molecule has 0 spiro atoms. The number of hydrogen-bond donors (Lipinski definition) is 0. The fourth-order valence-electron chi connectivity index (χ4n) is 3.23. The van der Waals surface area contributed by atoms with Crippen molar-refractivity contribution in [2.45, 2.75) is 64.8 Å². The molecule has 0 amide bonds. The first kappa shape index (κ1) is 19.8. The number of benzene rings is 1. The van der Waals surface area contributed by atoms with E-state index >= 15 is 0 Å². The lowest BCUT2D eigenvalue weighted by molar-refractivity contribution is 0.0475. The lowest BCUT2D eigenvalue weighted by Crippen LogP contribution is -2.38. The number of nitrogens with zero attached hydrogens (tertiary/aromatic N) is 1. The summed E-state index contributed by atoms with van der Waals surface area (Å²) in [5.41, 5.74) is 0.590. The largest absolute Gasteiger partial charge is 0.494 e. The summed E-state index contributed by atoms with van der Waals surface area (Å²) in [6.07, 6.45) is 8.24. The molecule has 1 heterocycles. The zero-order valence-electron chi connectivity index (χ0n) is 15.8. The second-order valence-electron chi connectivity index (χ2n) is 6.95. The quantitative estimate of drug-likeness (QED) is 0.455. The van der Waals surface area contributed by atoms with Crippen molar-refractivity contribution >= 4 is 5.97 Å². The van der Waals surface area contributed by atoms with Crippen LogP contribution in [0.15, 0.2) is 24.3 Å². The summed E-state index contributed by atoms with van der Waals surface area (Å²) in [5, 5.41) is 0. The fourth-order valence-corrected chi connectivity index (χ4v) is 3.23. The van der Waals surface area contributed by atoms with Gasteiger partial charge >= 0.3 is 5.97 Å². The van der Waals surface area contributed by atoms with Gasteiger partial charge in [0.1, 0.15) is 5.75 Å². The molecule has 1 fully saturated rings. The van der Waals surface area contributed by atoms with E-state index in [-0.39, 0.29) is 5.97 Å². The van der Waals surface area contributed by atoms with Crippen molar-refractivity contribution in [3.63, 3.8) is 0 Å². The molecule has 1 aromatic rings. The number of likely N-dealkylation sites (tertiary alicyclic amines) is 1. The second-order valence-corrected chi connectivity index (χ2v) is 6.95. The Morgan fingerprint density at radius 2 is 1.92 bits per heavy atom. The van der Waals surface area contributed by atoms with Crippen molar-refractivity contribution in [2.75, 3.05) is 26.3 Å². The predicted molar refractivity (Wildman–Crippen MR) is 101 cm³/mol. The molecular formula is C21H33NO3. The molecule has 0 saturated carbocycles. The Labute approximate surface area is 152 Å². The summed E-state index contributed by atoms with van der Waals surface area (Å²) < 4.78 is 11.1. The van der Waals surface area contributed by atoms with Gasteiger partial charge in [0.05, 0.1) is 18.8 Å². The van der Waals surface area contributed by atoms with Crippen LogP contribution in [0.1, 0.15) is 69.2 Å². The molecule has 0 aliphatic carbocycles. The van der Waals surface area contributed by atoms with Gasteiger partial charge < -0.3 is 14.4 Å². The third-order valence-corrected chi connectivity index (χ3v) is 4.87. The standard InChI is InChI=1S/C21H33NO3/c1-3-4-7-16-24-20-12-10-19(11-13-20)21(23)25-17-8-15-22-14-6-5-9-18(22)2/h10-13,18H,3-9,14-17H2,1-2H3/t18-/m1/s1. The summed E-state index contributed by atoms with van der Waals surface area (Å²) in [6, 6.07) is 7.92. The van der Waals surface area contributed by atoms with Gasteiger partial charge in [0, 0.05) is 12.6 Å². The molecule has 1 aliphatic rings. The molecule has 0 radical (unpaired) electrons. The number of ether oxygens (including phenoxy) is 2. The van der Waals surface area contributed by atoms with Crippen molar-refractivity contribution in [3.05, 3.63) is 29.8 Å². The summed E-state index contributed by atoms with van der Waals surface area (Å²) in [4.78, 5) is 14.6. The van der Waals surface area contributed by atoms with Crippen LogP contribution in [0.2, 0.25) is 0 Å². The molecule has 25 heavy (non-hydrogen) atoms. The Morgan fingerprint density at radius 3 is 2.64 bits per heavy atom. The molecule has 0 aromatic heterocycles. The van der Waals surface area contributed by atoms with Crippen LogP contribution in [0.3, 0.4) is 0 Å². The van der Waals surface area contributed by atoms with Crippen LogP contribution >= 0.6 is 0 Å². The number of rotatable bonds is 10.